The van der Waals surface area contributed by atoms with Crippen LogP contribution in [0.1, 0.15) is 25.2 Å². The van der Waals surface area contributed by atoms with Crippen molar-refractivity contribution in [2.24, 2.45) is 5.92 Å². The lowest BCUT2D eigenvalue weighted by molar-refractivity contribution is -0.134. The van der Waals surface area contributed by atoms with Crippen LogP contribution in [0.5, 0.6) is 0 Å². The van der Waals surface area contributed by atoms with Crippen LogP contribution < -0.4 is 0 Å². The first kappa shape index (κ1) is 16.9. The van der Waals surface area contributed by atoms with Crippen LogP contribution in [0.3, 0.4) is 0 Å². The monoisotopic (exact) mass is 378 g/mol. The molecule has 0 bridgehead atoms. The molecule has 0 radical (unpaired) electrons. The molecule has 5 heterocycles. The molecular weight excluding hydrogens is 356 g/mol. The summed E-state index contributed by atoms with van der Waals surface area (Å²) in [4.78, 5) is 22.5. The highest BCUT2D eigenvalue weighted by Crippen LogP contribution is 2.33. The van der Waals surface area contributed by atoms with Gasteiger partial charge < -0.3 is 14.5 Å². The van der Waals surface area contributed by atoms with Crippen molar-refractivity contribution in [1.29, 1.82) is 0 Å². The number of tetrazole rings is 1. The Morgan fingerprint density at radius 1 is 1.36 bits per heavy atom. The summed E-state index contributed by atoms with van der Waals surface area (Å²) in [6.45, 7) is 5.69. The summed E-state index contributed by atoms with van der Waals surface area (Å²) in [6, 6.07) is 4.38. The molecule has 9 nitrogen and oxygen atoms in total. The summed E-state index contributed by atoms with van der Waals surface area (Å²) in [6.07, 6.45) is 6.91. The minimum absolute atomic E-state index is 0.0530. The largest absolute Gasteiger partial charge is 0.346 e. The fourth-order valence-electron chi connectivity index (χ4n) is 4.19. The zero-order chi connectivity index (χ0) is 19.3. The van der Waals surface area contributed by atoms with E-state index in [1.165, 1.54) is 5.52 Å². The minimum atomic E-state index is 0.0530. The lowest BCUT2D eigenvalue weighted by Crippen LogP contribution is -2.45. The number of piperidine rings is 1. The number of carbonyl (C=O) groups excluding carboxylic acids is 1. The third-order valence-corrected chi connectivity index (χ3v) is 5.88. The van der Waals surface area contributed by atoms with Gasteiger partial charge in [0.1, 0.15) is 18.0 Å². The van der Waals surface area contributed by atoms with Crippen molar-refractivity contribution in [3.8, 4) is 0 Å². The molecule has 5 rings (SSSR count). The Hall–Kier alpha value is -3.23. The first-order valence-electron chi connectivity index (χ1n) is 9.55. The second-order valence-corrected chi connectivity index (χ2v) is 7.58. The Morgan fingerprint density at radius 3 is 3.07 bits per heavy atom. The van der Waals surface area contributed by atoms with Gasteiger partial charge in [-0.1, -0.05) is 6.92 Å². The number of likely N-dealkylation sites (tertiary alicyclic amines) is 1. The molecule has 9 heteroatoms. The molecule has 0 aliphatic carbocycles. The molecule has 2 atom stereocenters. The predicted molar refractivity (Wildman–Crippen MR) is 104 cm³/mol. The Bertz CT molecular complexity index is 1160. The van der Waals surface area contributed by atoms with Crippen LogP contribution >= 0.6 is 0 Å². The van der Waals surface area contributed by atoms with Gasteiger partial charge in [-0.25, -0.2) is 9.67 Å². The SMILES string of the molecule is Cc1nnnn1CC(=O)N1CC[C@H](C)[C@H](n2ccc3cnc4[nH]ccc4c32)C1. The average Bonchev–Trinajstić information content (AvgIpc) is 3.41. The molecule has 1 aliphatic heterocycles. The van der Waals surface area contributed by atoms with Gasteiger partial charge in [0.25, 0.3) is 0 Å². The standard InChI is InChI=1S/C19H22N8O/c1-12-4-7-25(17(28)11-27-13(2)22-23-24-27)10-16(12)26-8-5-14-9-21-19-15(18(14)26)3-6-20-19/h3,5-6,8-9,12,16H,4,7,10-11H2,1-2H3,(H,20,21)/t12-,16+/m0/s1. The Labute approximate surface area is 161 Å². The Kier molecular flexibility index (Phi) is 3.88. The van der Waals surface area contributed by atoms with E-state index < -0.39 is 0 Å². The molecular formula is C19H22N8O. The van der Waals surface area contributed by atoms with E-state index >= 15 is 0 Å². The van der Waals surface area contributed by atoms with Gasteiger partial charge in [-0.05, 0) is 41.8 Å². The molecule has 4 aromatic rings. The van der Waals surface area contributed by atoms with E-state index in [-0.39, 0.29) is 18.5 Å². The molecule has 1 aliphatic rings. The number of hydrogen-bond donors (Lipinski definition) is 1. The van der Waals surface area contributed by atoms with Crippen molar-refractivity contribution in [3.63, 3.8) is 0 Å². The number of nitrogens with zero attached hydrogens (tertiary/aromatic N) is 7. The van der Waals surface area contributed by atoms with Gasteiger partial charge in [-0.2, -0.15) is 0 Å². The summed E-state index contributed by atoms with van der Waals surface area (Å²) >= 11 is 0. The molecule has 144 valence electrons. The Morgan fingerprint density at radius 2 is 2.25 bits per heavy atom. The first-order chi connectivity index (χ1) is 13.6. The van der Waals surface area contributed by atoms with Crippen molar-refractivity contribution in [3.05, 3.63) is 36.5 Å². The lowest BCUT2D eigenvalue weighted by Gasteiger charge is -2.38. The van der Waals surface area contributed by atoms with Crippen LogP contribution in [0.25, 0.3) is 21.9 Å². The number of amides is 1. The van der Waals surface area contributed by atoms with Gasteiger partial charge >= 0.3 is 0 Å². The smallest absolute Gasteiger partial charge is 0.244 e. The number of pyridine rings is 1. The van der Waals surface area contributed by atoms with E-state index in [0.29, 0.717) is 18.3 Å². The van der Waals surface area contributed by atoms with Gasteiger partial charge in [0.05, 0.1) is 11.6 Å². The van der Waals surface area contributed by atoms with Crippen LogP contribution in [0.4, 0.5) is 0 Å². The van der Waals surface area contributed by atoms with E-state index in [2.05, 4.69) is 55.3 Å². The van der Waals surface area contributed by atoms with Crippen molar-refractivity contribution in [1.82, 2.24) is 39.6 Å². The van der Waals surface area contributed by atoms with Gasteiger partial charge in [0.15, 0.2) is 0 Å². The molecule has 0 aromatic carbocycles. The Balaban J connectivity index is 1.46. The number of fused-ring (bicyclic) bond motifs is 3. The van der Waals surface area contributed by atoms with Crippen LogP contribution in [-0.2, 0) is 11.3 Å². The second kappa shape index (κ2) is 6.43. The van der Waals surface area contributed by atoms with Gasteiger partial charge in [0.2, 0.25) is 5.91 Å². The molecule has 0 saturated carbocycles. The number of aryl methyl sites for hydroxylation is 1. The van der Waals surface area contributed by atoms with Crippen molar-refractivity contribution < 1.29 is 4.79 Å². The van der Waals surface area contributed by atoms with Gasteiger partial charge in [0, 0.05) is 42.5 Å². The van der Waals surface area contributed by atoms with Crippen LogP contribution in [-0.4, -0.2) is 58.6 Å². The van der Waals surface area contributed by atoms with Gasteiger partial charge in [-0.3, -0.25) is 4.79 Å². The van der Waals surface area contributed by atoms with Crippen molar-refractivity contribution in [2.75, 3.05) is 13.1 Å². The average molecular weight is 378 g/mol. The number of aromatic nitrogens is 7. The van der Waals surface area contributed by atoms with Gasteiger partial charge in [-0.15, -0.1) is 5.10 Å². The predicted octanol–water partition coefficient (Wildman–Crippen LogP) is 1.92. The molecule has 1 N–H and O–H groups in total. The second-order valence-electron chi connectivity index (χ2n) is 7.58. The number of nitrogens with one attached hydrogen (secondary N) is 1. The topological polar surface area (TPSA) is 97.5 Å². The number of aromatic amines is 1. The zero-order valence-electron chi connectivity index (χ0n) is 15.9. The number of hydrogen-bond acceptors (Lipinski definition) is 5. The lowest BCUT2D eigenvalue weighted by atomic mass is 9.93. The fourth-order valence-corrected chi connectivity index (χ4v) is 4.19. The quantitative estimate of drug-likeness (QED) is 0.587. The maximum atomic E-state index is 12.9. The van der Waals surface area contributed by atoms with E-state index in [4.69, 9.17) is 0 Å². The number of carbonyl (C=O) groups is 1. The molecule has 4 aromatic heterocycles. The highest BCUT2D eigenvalue weighted by atomic mass is 16.2. The number of rotatable bonds is 3. The summed E-state index contributed by atoms with van der Waals surface area (Å²) in [7, 11) is 0. The molecule has 1 saturated heterocycles. The van der Waals surface area contributed by atoms with E-state index in [1.54, 1.807) is 11.6 Å². The summed E-state index contributed by atoms with van der Waals surface area (Å²) in [5.41, 5.74) is 2.06. The van der Waals surface area contributed by atoms with Crippen molar-refractivity contribution >= 4 is 27.8 Å². The maximum Gasteiger partial charge on any atom is 0.244 e. The molecule has 1 amide bonds. The summed E-state index contributed by atoms with van der Waals surface area (Å²) in [5, 5.41) is 13.6. The highest BCUT2D eigenvalue weighted by Gasteiger charge is 2.31. The first-order valence-corrected chi connectivity index (χ1v) is 9.55. The van der Waals surface area contributed by atoms with Crippen LogP contribution in [0.15, 0.2) is 30.7 Å². The minimum Gasteiger partial charge on any atom is -0.346 e. The maximum absolute atomic E-state index is 12.9. The van der Waals surface area contributed by atoms with E-state index in [9.17, 15) is 4.79 Å². The van der Waals surface area contributed by atoms with Crippen LogP contribution in [0.2, 0.25) is 0 Å². The fraction of sp³-hybridized carbons (Fsp3) is 0.421. The van der Waals surface area contributed by atoms with Crippen molar-refractivity contribution in [2.45, 2.75) is 32.9 Å². The summed E-state index contributed by atoms with van der Waals surface area (Å²) < 4.78 is 3.87. The summed E-state index contributed by atoms with van der Waals surface area (Å²) in [5.74, 6) is 1.17. The molecule has 28 heavy (non-hydrogen) atoms. The molecule has 0 unspecified atom stereocenters. The normalized spacial score (nSPS) is 20.3. The number of H-pyrrole nitrogens is 1. The zero-order valence-corrected chi connectivity index (χ0v) is 15.9. The molecule has 1 fully saturated rings. The van der Waals surface area contributed by atoms with Crippen LogP contribution in [0, 0.1) is 12.8 Å². The molecule has 0 spiro atoms. The third kappa shape index (κ3) is 2.65. The van der Waals surface area contributed by atoms with E-state index in [0.717, 1.165) is 29.4 Å². The van der Waals surface area contributed by atoms with E-state index in [1.807, 2.05) is 17.3 Å². The highest BCUT2D eigenvalue weighted by molar-refractivity contribution is 6.02. The third-order valence-electron chi connectivity index (χ3n) is 5.88.